The van der Waals surface area contributed by atoms with E-state index >= 15 is 8.78 Å². The second kappa shape index (κ2) is 11.0. The maximum absolute atomic E-state index is 15.9. The topological polar surface area (TPSA) is 24.9 Å². The van der Waals surface area contributed by atoms with E-state index in [-0.39, 0.29) is 13.1 Å². The number of rotatable bonds is 14. The van der Waals surface area contributed by atoms with Gasteiger partial charge in [0.25, 0.3) is 0 Å². The van der Waals surface area contributed by atoms with Crippen LogP contribution in [0.5, 0.6) is 0 Å². The van der Waals surface area contributed by atoms with Crippen LogP contribution >= 0.6 is 0 Å². The van der Waals surface area contributed by atoms with Crippen LogP contribution in [0.4, 0.5) is 8.78 Å². The van der Waals surface area contributed by atoms with Crippen molar-refractivity contribution >= 4 is 0 Å². The van der Waals surface area contributed by atoms with Gasteiger partial charge in [-0.25, -0.2) is 9.80 Å². The summed E-state index contributed by atoms with van der Waals surface area (Å²) in [6, 6.07) is 0. The van der Waals surface area contributed by atoms with Gasteiger partial charge in [-0.3, -0.25) is 0 Å². The molecular weight excluding hydrogens is 350 g/mol. The minimum Gasteiger partial charge on any atom is -0.383 e. The highest BCUT2D eigenvalue weighted by Gasteiger charge is 2.72. The molecule has 0 aromatic rings. The van der Waals surface area contributed by atoms with Crippen molar-refractivity contribution in [2.24, 2.45) is 0 Å². The molecule has 0 aromatic carbocycles. The fourth-order valence-electron chi connectivity index (χ4n) is 5.60. The van der Waals surface area contributed by atoms with Gasteiger partial charge >= 0.3 is 6.17 Å². The van der Waals surface area contributed by atoms with Gasteiger partial charge in [0, 0.05) is 38.4 Å². The molecule has 0 unspecified atom stereocenters. The van der Waals surface area contributed by atoms with E-state index in [0.717, 1.165) is 51.4 Å². The van der Waals surface area contributed by atoms with Crippen LogP contribution in [0.15, 0.2) is 0 Å². The van der Waals surface area contributed by atoms with E-state index in [1.807, 2.05) is 0 Å². The van der Waals surface area contributed by atoms with Crippen LogP contribution in [-0.4, -0.2) is 67.6 Å². The first-order valence-corrected chi connectivity index (χ1v) is 10.8. The Kier molecular flexibility index (Phi) is 10.1. The number of alkyl halides is 2. The van der Waals surface area contributed by atoms with Gasteiger partial charge < -0.3 is 9.47 Å². The molecule has 0 atom stereocenters. The lowest BCUT2D eigenvalue weighted by molar-refractivity contribution is -0.235. The summed E-state index contributed by atoms with van der Waals surface area (Å²) in [5, 5.41) is 0. The minimum atomic E-state index is -2.99. The largest absolute Gasteiger partial charge is 0.383 e. The molecule has 0 aliphatic carbocycles. The Balaban J connectivity index is 3.65. The van der Waals surface area contributed by atoms with Gasteiger partial charge in [-0.2, -0.15) is 8.78 Å². The van der Waals surface area contributed by atoms with Crippen molar-refractivity contribution in [2.75, 3.05) is 40.5 Å². The van der Waals surface area contributed by atoms with Crippen LogP contribution in [0.2, 0.25) is 0 Å². The maximum atomic E-state index is 15.9. The third-order valence-electron chi connectivity index (χ3n) is 6.24. The van der Waals surface area contributed by atoms with Crippen molar-refractivity contribution in [1.29, 1.82) is 0 Å². The quantitative estimate of drug-likeness (QED) is 0.383. The van der Waals surface area contributed by atoms with Crippen LogP contribution in [0.1, 0.15) is 79.1 Å². The van der Waals surface area contributed by atoms with Crippen molar-refractivity contribution in [1.82, 2.24) is 9.80 Å². The number of methoxy groups -OCH3 is 2. The highest BCUT2D eigenvalue weighted by Crippen LogP contribution is 2.58. The van der Waals surface area contributed by atoms with E-state index < -0.39 is 17.2 Å². The van der Waals surface area contributed by atoms with Crippen LogP contribution in [-0.2, 0) is 9.47 Å². The molecule has 6 heteroatoms. The van der Waals surface area contributed by atoms with Gasteiger partial charge in [-0.1, -0.05) is 53.4 Å². The molecule has 1 rings (SSSR count). The zero-order valence-electron chi connectivity index (χ0n) is 18.5. The Labute approximate surface area is 165 Å². The zero-order chi connectivity index (χ0) is 20.6. The molecule has 1 saturated heterocycles. The zero-order valence-corrected chi connectivity index (χ0v) is 18.5. The van der Waals surface area contributed by atoms with Crippen LogP contribution < -0.4 is 0 Å². The Bertz CT molecular complexity index is 373. The molecule has 4 nitrogen and oxygen atoms in total. The van der Waals surface area contributed by atoms with E-state index in [4.69, 9.17) is 9.47 Å². The SMILES string of the molecule is CCCC1(CCC)N(CCOC)C(F)(F)N(CCOC)C1(CCC)CCC. The summed E-state index contributed by atoms with van der Waals surface area (Å²) in [7, 11) is 3.17. The summed E-state index contributed by atoms with van der Waals surface area (Å²) in [4.78, 5) is 3.00. The third-order valence-corrected chi connectivity index (χ3v) is 6.24. The van der Waals surface area contributed by atoms with Crippen LogP contribution in [0, 0.1) is 0 Å². The van der Waals surface area contributed by atoms with E-state index in [1.165, 1.54) is 9.80 Å². The molecule has 0 radical (unpaired) electrons. The second-order valence-corrected chi connectivity index (χ2v) is 7.86. The Morgan fingerprint density at radius 1 is 0.630 bits per heavy atom. The van der Waals surface area contributed by atoms with E-state index in [2.05, 4.69) is 27.7 Å². The Morgan fingerprint density at radius 2 is 0.926 bits per heavy atom. The molecule has 0 saturated carbocycles. The van der Waals surface area contributed by atoms with E-state index in [0.29, 0.717) is 13.2 Å². The molecule has 162 valence electrons. The van der Waals surface area contributed by atoms with Gasteiger partial charge in [0.15, 0.2) is 0 Å². The Morgan fingerprint density at radius 3 is 1.15 bits per heavy atom. The number of halogens is 2. The van der Waals surface area contributed by atoms with Gasteiger partial charge in [-0.15, -0.1) is 0 Å². The molecular formula is C21H42F2N2O2. The van der Waals surface area contributed by atoms with Gasteiger partial charge in [-0.05, 0) is 25.7 Å². The van der Waals surface area contributed by atoms with Crippen molar-refractivity contribution in [3.63, 3.8) is 0 Å². The summed E-state index contributed by atoms with van der Waals surface area (Å²) < 4.78 is 42.4. The van der Waals surface area contributed by atoms with Crippen molar-refractivity contribution in [2.45, 2.75) is 96.3 Å². The third kappa shape index (κ3) is 4.49. The summed E-state index contributed by atoms with van der Waals surface area (Å²) in [5.74, 6) is 0. The first-order valence-electron chi connectivity index (χ1n) is 10.8. The van der Waals surface area contributed by atoms with Crippen molar-refractivity contribution in [3.05, 3.63) is 0 Å². The average Bonchev–Trinajstić information content (AvgIpc) is 2.75. The summed E-state index contributed by atoms with van der Waals surface area (Å²) in [6.45, 7) is 9.60. The molecule has 0 bridgehead atoms. The summed E-state index contributed by atoms with van der Waals surface area (Å²) >= 11 is 0. The van der Waals surface area contributed by atoms with Gasteiger partial charge in [0.1, 0.15) is 0 Å². The summed E-state index contributed by atoms with van der Waals surface area (Å²) in [5.41, 5.74) is -1.09. The highest BCUT2D eigenvalue weighted by molar-refractivity contribution is 5.19. The minimum absolute atomic E-state index is 0.252. The molecule has 0 amide bonds. The normalized spacial score (nSPS) is 21.8. The lowest BCUT2D eigenvalue weighted by Gasteiger charge is -2.51. The summed E-state index contributed by atoms with van der Waals surface area (Å²) in [6.07, 6.45) is 3.71. The average molecular weight is 393 g/mol. The Hall–Kier alpha value is -0.300. The molecule has 27 heavy (non-hydrogen) atoms. The van der Waals surface area contributed by atoms with Crippen molar-refractivity contribution < 1.29 is 18.3 Å². The van der Waals surface area contributed by atoms with Gasteiger partial charge in [0.05, 0.1) is 13.2 Å². The first kappa shape index (κ1) is 24.7. The number of nitrogens with zero attached hydrogens (tertiary/aromatic N) is 2. The highest BCUT2D eigenvalue weighted by atomic mass is 19.3. The number of ether oxygens (including phenoxy) is 2. The van der Waals surface area contributed by atoms with Gasteiger partial charge in [0.2, 0.25) is 0 Å². The van der Waals surface area contributed by atoms with E-state index in [1.54, 1.807) is 14.2 Å². The fraction of sp³-hybridized carbons (Fsp3) is 1.00. The molecule has 1 fully saturated rings. The smallest absolute Gasteiger partial charge is 0.370 e. The van der Waals surface area contributed by atoms with Crippen molar-refractivity contribution in [3.8, 4) is 0 Å². The lowest BCUT2D eigenvalue weighted by atomic mass is 9.66. The molecule has 1 heterocycles. The predicted octanol–water partition coefficient (Wildman–Crippen LogP) is 5.13. The second-order valence-electron chi connectivity index (χ2n) is 7.86. The van der Waals surface area contributed by atoms with E-state index in [9.17, 15) is 0 Å². The monoisotopic (exact) mass is 392 g/mol. The lowest BCUT2D eigenvalue weighted by Crippen LogP contribution is -2.62. The predicted molar refractivity (Wildman–Crippen MR) is 107 cm³/mol. The standard InChI is InChI=1S/C21H42F2N2O2/c1-7-11-19(12-8-2)20(13-9-3,14-10-4)25(16-18-27-6)21(22,23)24(19)15-17-26-5/h7-18H2,1-6H3. The molecule has 0 aromatic heterocycles. The molecule has 0 N–H and O–H groups in total. The molecule has 1 aliphatic rings. The van der Waals surface area contributed by atoms with Crippen LogP contribution in [0.3, 0.4) is 0 Å². The fourth-order valence-corrected chi connectivity index (χ4v) is 5.60. The van der Waals surface area contributed by atoms with Crippen LogP contribution in [0.25, 0.3) is 0 Å². The molecule has 0 spiro atoms. The molecule has 1 aliphatic heterocycles. The maximum Gasteiger partial charge on any atom is 0.370 e. The first-order chi connectivity index (χ1) is 12.9. The number of hydrogen-bond acceptors (Lipinski definition) is 4. The number of hydrogen-bond donors (Lipinski definition) is 0.